The summed E-state index contributed by atoms with van der Waals surface area (Å²) in [5.41, 5.74) is 3.33. The van der Waals surface area contributed by atoms with Gasteiger partial charge in [-0.3, -0.25) is 9.59 Å². The normalized spacial score (nSPS) is 18.3. The molecule has 2 fully saturated rings. The number of carbonyl (C=O) groups is 2. The van der Waals surface area contributed by atoms with Gasteiger partial charge in [0.05, 0.1) is 32.4 Å². The minimum absolute atomic E-state index is 0.0265. The average Bonchev–Trinajstić information content (AvgIpc) is 4.02. The number of likely N-dealkylation sites (tertiary alicyclic amines) is 2. The van der Waals surface area contributed by atoms with Gasteiger partial charge in [-0.2, -0.15) is 14.0 Å². The van der Waals surface area contributed by atoms with Crippen LogP contribution in [-0.4, -0.2) is 105 Å². The molecule has 0 saturated carbocycles. The quantitative estimate of drug-likeness (QED) is 0.108. The molecule has 0 radical (unpaired) electrons. The zero-order valence-electron chi connectivity index (χ0n) is 35.2. The van der Waals surface area contributed by atoms with Crippen molar-refractivity contribution in [3.05, 3.63) is 99.0 Å². The molecule has 0 spiro atoms. The van der Waals surface area contributed by atoms with Gasteiger partial charge in [0.2, 0.25) is 17.1 Å². The van der Waals surface area contributed by atoms with Crippen LogP contribution in [0.2, 0.25) is 15.6 Å². The highest BCUT2D eigenvalue weighted by Gasteiger charge is 2.38. The van der Waals surface area contributed by atoms with Crippen molar-refractivity contribution in [3.63, 3.8) is 0 Å². The lowest BCUT2D eigenvalue weighted by molar-refractivity contribution is -0.130. The summed E-state index contributed by atoms with van der Waals surface area (Å²) in [6.45, 7) is 12.5. The second-order valence-corrected chi connectivity index (χ2v) is 16.2. The Bertz CT molecular complexity index is 2460. The molecular weight excluding hydrogens is 847 g/mol. The third-order valence-corrected chi connectivity index (χ3v) is 11.5. The number of rotatable bonds is 10. The number of aromatic nitrogens is 8. The number of aryl methyl sites for hydroxylation is 2. The van der Waals surface area contributed by atoms with Crippen molar-refractivity contribution >= 4 is 57.9 Å². The molecule has 8 rings (SSSR count). The van der Waals surface area contributed by atoms with Crippen molar-refractivity contribution in [2.45, 2.75) is 78.7 Å². The average molecular weight is 896 g/mol. The molecule has 6 atom stereocenters. The predicted octanol–water partition coefficient (Wildman–Crippen LogP) is 7.20. The summed E-state index contributed by atoms with van der Waals surface area (Å²) in [4.78, 5) is 44.9. The molecule has 2 amide bonds. The van der Waals surface area contributed by atoms with E-state index in [0.717, 1.165) is 22.6 Å². The first-order valence-electron chi connectivity index (χ1n) is 19.7. The minimum Gasteiger partial charge on any atom is -0.497 e. The molecule has 19 heteroatoms. The van der Waals surface area contributed by atoms with Crippen molar-refractivity contribution in [1.29, 1.82) is 0 Å². The van der Waals surface area contributed by atoms with Crippen LogP contribution in [0, 0.1) is 25.7 Å². The van der Waals surface area contributed by atoms with E-state index in [2.05, 4.69) is 30.1 Å². The number of nitrogens with zero attached hydrogens (tertiary/aromatic N) is 10. The van der Waals surface area contributed by atoms with Gasteiger partial charge in [-0.1, -0.05) is 47.5 Å². The van der Waals surface area contributed by atoms with Crippen molar-refractivity contribution in [2.75, 3.05) is 27.3 Å². The zero-order valence-corrected chi connectivity index (χ0v) is 37.4. The highest BCUT2D eigenvalue weighted by molar-refractivity contribution is 6.32. The summed E-state index contributed by atoms with van der Waals surface area (Å²) >= 11 is 17.5. The number of amides is 2. The van der Waals surface area contributed by atoms with E-state index >= 15 is 0 Å². The Balaban J connectivity index is 0.000000170. The summed E-state index contributed by atoms with van der Waals surface area (Å²) in [5, 5.41) is 18.8. The highest BCUT2D eigenvalue weighted by Crippen LogP contribution is 2.33. The summed E-state index contributed by atoms with van der Waals surface area (Å²) in [5.74, 6) is 3.15. The summed E-state index contributed by atoms with van der Waals surface area (Å²) in [6, 6.07) is 19.1. The van der Waals surface area contributed by atoms with Crippen LogP contribution >= 0.6 is 34.8 Å². The Morgan fingerprint density at radius 1 is 0.656 bits per heavy atom. The first-order chi connectivity index (χ1) is 29.0. The molecule has 2 aliphatic heterocycles. The van der Waals surface area contributed by atoms with Crippen LogP contribution in [0.15, 0.2) is 60.7 Å². The molecular formula is C42H49Cl3N10O6. The number of ether oxygens (including phenoxy) is 3. The van der Waals surface area contributed by atoms with E-state index in [4.69, 9.17) is 49.0 Å². The van der Waals surface area contributed by atoms with E-state index in [0.29, 0.717) is 54.0 Å². The number of aliphatic hydroxyl groups is 1. The molecule has 0 bridgehead atoms. The van der Waals surface area contributed by atoms with Crippen LogP contribution in [0.25, 0.3) is 11.3 Å². The summed E-state index contributed by atoms with van der Waals surface area (Å²) < 4.78 is 19.4. The summed E-state index contributed by atoms with van der Waals surface area (Å²) in [6.07, 6.45) is 0.178. The Kier molecular flexibility index (Phi) is 14.5. The molecule has 16 nitrogen and oxygen atoms in total. The smallest absolute Gasteiger partial charge is 0.321 e. The number of aliphatic hydroxyl groups excluding tert-OH is 1. The van der Waals surface area contributed by atoms with Crippen molar-refractivity contribution < 1.29 is 28.9 Å². The van der Waals surface area contributed by atoms with E-state index in [1.165, 1.54) is 9.03 Å². The van der Waals surface area contributed by atoms with Gasteiger partial charge >= 0.3 is 6.01 Å². The van der Waals surface area contributed by atoms with Gasteiger partial charge in [-0.05, 0) is 88.5 Å². The number of fused-ring (bicyclic) bond motifs is 2. The number of benzene rings is 2. The molecule has 2 saturated heterocycles. The number of carbonyl (C=O) groups excluding carboxylic acids is 2. The van der Waals surface area contributed by atoms with Gasteiger partial charge in [-0.25, -0.2) is 15.0 Å². The number of halogens is 3. The van der Waals surface area contributed by atoms with Crippen molar-refractivity contribution in [1.82, 2.24) is 49.0 Å². The Morgan fingerprint density at radius 3 is 1.57 bits per heavy atom. The SMILES string of the molecule is COc1ccc([C@H](C)N2C[C@H]([C@@H](C)O)CC2=O)cc1.COc1ccc([C@H](C)N2C[C@H]([C@@H](C)Oc3nc(Cl)cc4nc(C)nn34)CC2=O)cc1.Cc1nc2cc(Cl)nc(Cl)n2n1. The van der Waals surface area contributed by atoms with Crippen molar-refractivity contribution in [3.8, 4) is 17.5 Å². The fraction of sp³-hybridized carbons (Fsp3) is 0.429. The molecule has 61 heavy (non-hydrogen) atoms. The van der Waals surface area contributed by atoms with Crippen LogP contribution in [-0.2, 0) is 9.59 Å². The Hall–Kier alpha value is -5.29. The molecule has 0 aliphatic carbocycles. The third-order valence-electron chi connectivity index (χ3n) is 10.9. The maximum Gasteiger partial charge on any atom is 0.321 e. The first-order valence-corrected chi connectivity index (χ1v) is 20.8. The molecule has 6 aromatic rings. The van der Waals surface area contributed by atoms with Gasteiger partial charge in [0.15, 0.2) is 11.3 Å². The lowest BCUT2D eigenvalue weighted by Gasteiger charge is -2.26. The Labute approximate surface area is 368 Å². The molecule has 324 valence electrons. The predicted molar refractivity (Wildman–Crippen MR) is 230 cm³/mol. The van der Waals surface area contributed by atoms with Crippen LogP contribution < -0.4 is 14.2 Å². The van der Waals surface area contributed by atoms with Crippen LogP contribution in [0.5, 0.6) is 17.5 Å². The Morgan fingerprint density at radius 2 is 1.10 bits per heavy atom. The fourth-order valence-corrected chi connectivity index (χ4v) is 7.85. The third kappa shape index (κ3) is 10.8. The highest BCUT2D eigenvalue weighted by atomic mass is 35.5. The van der Waals surface area contributed by atoms with E-state index < -0.39 is 6.10 Å². The fourth-order valence-electron chi connectivity index (χ4n) is 7.25. The topological polar surface area (TPSA) is 175 Å². The minimum atomic E-state index is -0.433. The number of hydrogen-bond acceptors (Lipinski definition) is 12. The van der Waals surface area contributed by atoms with Gasteiger partial charge in [0.25, 0.3) is 0 Å². The molecule has 1 N–H and O–H groups in total. The molecule has 2 aliphatic rings. The first kappa shape index (κ1) is 45.2. The lowest BCUT2D eigenvalue weighted by atomic mass is 10.0. The van der Waals surface area contributed by atoms with Gasteiger partial charge < -0.3 is 29.1 Å². The number of hydrogen-bond donors (Lipinski definition) is 1. The monoisotopic (exact) mass is 894 g/mol. The van der Waals surface area contributed by atoms with E-state index in [1.807, 2.05) is 79.1 Å². The molecule has 2 aromatic carbocycles. The lowest BCUT2D eigenvalue weighted by Crippen LogP contribution is -2.31. The van der Waals surface area contributed by atoms with E-state index in [-0.39, 0.29) is 58.3 Å². The second kappa shape index (κ2) is 19.6. The van der Waals surface area contributed by atoms with Crippen molar-refractivity contribution in [2.24, 2.45) is 11.8 Å². The van der Waals surface area contributed by atoms with E-state index in [1.54, 1.807) is 47.1 Å². The van der Waals surface area contributed by atoms with Gasteiger partial charge in [0.1, 0.15) is 39.6 Å². The maximum absolute atomic E-state index is 12.7. The van der Waals surface area contributed by atoms with Gasteiger partial charge in [0, 0.05) is 49.9 Å². The van der Waals surface area contributed by atoms with Crippen LogP contribution in [0.1, 0.15) is 75.4 Å². The van der Waals surface area contributed by atoms with Crippen LogP contribution in [0.4, 0.5) is 0 Å². The van der Waals surface area contributed by atoms with Crippen LogP contribution in [0.3, 0.4) is 0 Å². The number of methoxy groups -OCH3 is 2. The molecule has 4 aromatic heterocycles. The zero-order chi connectivity index (χ0) is 44.1. The second-order valence-electron chi connectivity index (χ2n) is 15.0. The molecule has 0 unspecified atom stereocenters. The summed E-state index contributed by atoms with van der Waals surface area (Å²) in [7, 11) is 3.27. The maximum atomic E-state index is 12.7. The standard InChI is InChI=1S/C21H24ClN5O3.C15H21NO3.C6H4Cl2N4/c1-12(15-5-7-17(29-4)8-6-15)26-11-16(9-20(26)28)13(2)30-21-24-18(22)10-19-23-14(3)25-27(19)21;1-10(12-4-6-14(19-3)7-5-12)16-9-13(11(2)17)8-15(16)18;1-3-9-5-2-4(7)10-6(8)12(5)11-3/h5-8,10,12-13,16H,9,11H2,1-4H3;4-7,10-11,13,17H,8-9H2,1-3H3;2H,1H3/t12-,13+,16+;10-,11+,13+;/m00./s1. The van der Waals surface area contributed by atoms with E-state index in [9.17, 15) is 14.7 Å². The molecule has 6 heterocycles. The largest absolute Gasteiger partial charge is 0.497 e. The van der Waals surface area contributed by atoms with Gasteiger partial charge in [-0.15, -0.1) is 10.2 Å².